The highest BCUT2D eigenvalue weighted by Crippen LogP contribution is 2.46. The molecule has 27 heavy (non-hydrogen) atoms. The third kappa shape index (κ3) is 3.10. The van der Waals surface area contributed by atoms with Crippen LogP contribution in [0.4, 0.5) is 4.39 Å². The minimum atomic E-state index is -0.508. The summed E-state index contributed by atoms with van der Waals surface area (Å²) in [6, 6.07) is 18.4. The van der Waals surface area contributed by atoms with Gasteiger partial charge >= 0.3 is 0 Å². The predicted molar refractivity (Wildman–Crippen MR) is 102 cm³/mol. The molecule has 2 aromatic rings. The van der Waals surface area contributed by atoms with Gasteiger partial charge < -0.3 is 0 Å². The topological polar surface area (TPSA) is 53.2 Å². The molecule has 1 unspecified atom stereocenters. The normalized spacial score (nSPS) is 24.9. The molecule has 1 heterocycles. The Kier molecular flexibility index (Phi) is 4.45. The maximum atomic E-state index is 13.4. The fourth-order valence-electron chi connectivity index (χ4n) is 4.22. The Hall–Kier alpha value is -3.06. The van der Waals surface area contributed by atoms with Crippen LogP contribution in [-0.4, -0.2) is 11.5 Å². The van der Waals surface area contributed by atoms with Crippen molar-refractivity contribution in [3.63, 3.8) is 0 Å². The van der Waals surface area contributed by atoms with E-state index in [1.165, 1.54) is 12.1 Å². The number of allylic oxidation sites excluding steroid dienone is 2. The van der Waals surface area contributed by atoms with E-state index >= 15 is 0 Å². The zero-order valence-corrected chi connectivity index (χ0v) is 15.0. The highest BCUT2D eigenvalue weighted by molar-refractivity contribution is 6.03. The zero-order valence-electron chi connectivity index (χ0n) is 15.0. The first-order valence-electron chi connectivity index (χ1n) is 9.10. The Morgan fingerprint density at radius 3 is 2.41 bits per heavy atom. The first-order chi connectivity index (χ1) is 13.1. The summed E-state index contributed by atoms with van der Waals surface area (Å²) in [7, 11) is 0. The van der Waals surface area contributed by atoms with Gasteiger partial charge in [-0.2, -0.15) is 5.26 Å². The van der Waals surface area contributed by atoms with Crippen molar-refractivity contribution in [3.8, 4) is 6.07 Å². The minimum Gasteiger partial charge on any atom is -0.294 e. The fourth-order valence-corrected chi connectivity index (χ4v) is 4.22. The maximum Gasteiger partial charge on any atom is 0.161 e. The third-order valence-electron chi connectivity index (χ3n) is 5.53. The molecular formula is C23H19FN2O. The highest BCUT2D eigenvalue weighted by atomic mass is 19.1. The van der Waals surface area contributed by atoms with Gasteiger partial charge in [-0.15, -0.1) is 0 Å². The number of carbonyl (C=O) groups excluding carboxylic acids is 1. The number of hydrogen-bond acceptors (Lipinski definition) is 3. The molecule has 0 N–H and O–H groups in total. The lowest BCUT2D eigenvalue weighted by Crippen LogP contribution is -2.32. The van der Waals surface area contributed by atoms with Crippen LogP contribution in [0.15, 0.2) is 70.9 Å². The summed E-state index contributed by atoms with van der Waals surface area (Å²) in [5, 5.41) is 9.72. The monoisotopic (exact) mass is 358 g/mol. The summed E-state index contributed by atoms with van der Waals surface area (Å²) in [5.41, 5.74) is 4.04. The Labute approximate surface area is 157 Å². The maximum absolute atomic E-state index is 13.4. The number of aliphatic imine (C=N–C) groups is 1. The van der Waals surface area contributed by atoms with E-state index in [0.29, 0.717) is 24.1 Å². The molecule has 2 aliphatic rings. The van der Waals surface area contributed by atoms with Gasteiger partial charge in [0.05, 0.1) is 12.0 Å². The Balaban J connectivity index is 1.79. The smallest absolute Gasteiger partial charge is 0.161 e. The standard InChI is InChI=1S/C23H19FN2O/c1-14-19(13-25)22(16-7-9-18(24)10-8-16)23-20(26-14)11-17(12-21(23)27)15-5-3-2-4-6-15/h2-10,17,19,22H,11-12H2,1H3/t17-,19?,22-/m0/s1. The summed E-state index contributed by atoms with van der Waals surface area (Å²) < 4.78 is 13.4. The van der Waals surface area contributed by atoms with Gasteiger partial charge in [0.1, 0.15) is 5.82 Å². The van der Waals surface area contributed by atoms with Crippen LogP contribution in [0, 0.1) is 23.1 Å². The van der Waals surface area contributed by atoms with Crippen LogP contribution in [0.25, 0.3) is 0 Å². The number of hydrogen-bond donors (Lipinski definition) is 0. The van der Waals surface area contributed by atoms with E-state index in [1.54, 1.807) is 12.1 Å². The van der Waals surface area contributed by atoms with Gasteiger partial charge in [-0.1, -0.05) is 42.5 Å². The van der Waals surface area contributed by atoms with Crippen molar-refractivity contribution < 1.29 is 9.18 Å². The van der Waals surface area contributed by atoms with Crippen LogP contribution >= 0.6 is 0 Å². The lowest BCUT2D eigenvalue weighted by molar-refractivity contribution is -0.116. The van der Waals surface area contributed by atoms with Gasteiger partial charge in [0.2, 0.25) is 0 Å². The van der Waals surface area contributed by atoms with Gasteiger partial charge in [0.15, 0.2) is 5.78 Å². The van der Waals surface area contributed by atoms with Crippen LogP contribution in [0.3, 0.4) is 0 Å². The number of nitriles is 1. The Bertz CT molecular complexity index is 983. The molecule has 4 rings (SSSR count). The number of ketones is 1. The number of Topliss-reactive ketones (excluding diaryl/α,β-unsaturated/α-hetero) is 1. The second-order valence-electron chi connectivity index (χ2n) is 7.19. The van der Waals surface area contributed by atoms with Gasteiger partial charge in [-0.3, -0.25) is 9.79 Å². The van der Waals surface area contributed by atoms with Crippen LogP contribution in [0.5, 0.6) is 0 Å². The number of carbonyl (C=O) groups is 1. The summed E-state index contributed by atoms with van der Waals surface area (Å²) in [4.78, 5) is 17.8. The van der Waals surface area contributed by atoms with Crippen molar-refractivity contribution in [2.75, 3.05) is 0 Å². The molecule has 3 atom stereocenters. The first kappa shape index (κ1) is 17.4. The number of rotatable bonds is 2. The highest BCUT2D eigenvalue weighted by Gasteiger charge is 2.41. The van der Waals surface area contributed by atoms with Crippen molar-refractivity contribution in [1.29, 1.82) is 5.26 Å². The van der Waals surface area contributed by atoms with E-state index in [1.807, 2.05) is 37.3 Å². The van der Waals surface area contributed by atoms with E-state index in [4.69, 9.17) is 0 Å². The third-order valence-corrected chi connectivity index (χ3v) is 5.53. The molecule has 0 saturated heterocycles. The van der Waals surface area contributed by atoms with Crippen molar-refractivity contribution in [2.24, 2.45) is 10.9 Å². The molecule has 0 amide bonds. The van der Waals surface area contributed by atoms with Gasteiger partial charge in [-0.25, -0.2) is 4.39 Å². The summed E-state index contributed by atoms with van der Waals surface area (Å²) in [5.74, 6) is -1.09. The van der Waals surface area contributed by atoms with E-state index in [9.17, 15) is 14.4 Å². The van der Waals surface area contributed by atoms with Crippen LogP contribution < -0.4 is 0 Å². The predicted octanol–water partition coefficient (Wildman–Crippen LogP) is 4.92. The van der Waals surface area contributed by atoms with Gasteiger partial charge in [0.25, 0.3) is 0 Å². The molecule has 0 bridgehead atoms. The second-order valence-corrected chi connectivity index (χ2v) is 7.19. The van der Waals surface area contributed by atoms with Crippen molar-refractivity contribution >= 4 is 11.5 Å². The molecule has 4 heteroatoms. The molecule has 2 aromatic carbocycles. The summed E-state index contributed by atoms with van der Waals surface area (Å²) in [6.45, 7) is 1.84. The lowest BCUT2D eigenvalue weighted by Gasteiger charge is -2.35. The van der Waals surface area contributed by atoms with Crippen molar-refractivity contribution in [1.82, 2.24) is 0 Å². The zero-order chi connectivity index (χ0) is 19.0. The minimum absolute atomic E-state index is 0.0379. The molecule has 0 fully saturated rings. The molecule has 3 nitrogen and oxygen atoms in total. The molecule has 1 aliphatic carbocycles. The molecule has 0 radical (unpaired) electrons. The average molecular weight is 358 g/mol. The molecular weight excluding hydrogens is 339 g/mol. The van der Waals surface area contributed by atoms with E-state index in [2.05, 4.69) is 11.1 Å². The molecule has 0 spiro atoms. The SMILES string of the molecule is CC1=NC2=C(C(=O)C[C@@H](c3ccccc3)C2)[C@@H](c2ccc(F)cc2)C1C#N. The van der Waals surface area contributed by atoms with Crippen LogP contribution in [-0.2, 0) is 4.79 Å². The molecule has 134 valence electrons. The number of halogens is 1. The average Bonchev–Trinajstić information content (AvgIpc) is 2.68. The summed E-state index contributed by atoms with van der Waals surface area (Å²) in [6.07, 6.45) is 1.09. The summed E-state index contributed by atoms with van der Waals surface area (Å²) >= 11 is 0. The van der Waals surface area contributed by atoms with Gasteiger partial charge in [-0.05, 0) is 42.5 Å². The van der Waals surface area contributed by atoms with Crippen LogP contribution in [0.1, 0.15) is 42.7 Å². The van der Waals surface area contributed by atoms with Crippen LogP contribution in [0.2, 0.25) is 0 Å². The van der Waals surface area contributed by atoms with E-state index in [0.717, 1.165) is 16.8 Å². The second kappa shape index (κ2) is 6.92. The quantitative estimate of drug-likeness (QED) is 0.765. The Morgan fingerprint density at radius 2 is 1.74 bits per heavy atom. The number of nitrogens with zero attached hydrogens (tertiary/aromatic N) is 2. The largest absolute Gasteiger partial charge is 0.294 e. The fraction of sp³-hybridized carbons (Fsp3) is 0.261. The molecule has 1 aliphatic heterocycles. The first-order valence-corrected chi connectivity index (χ1v) is 9.10. The molecule has 0 aromatic heterocycles. The molecule has 0 saturated carbocycles. The van der Waals surface area contributed by atoms with E-state index < -0.39 is 5.92 Å². The number of benzene rings is 2. The lowest BCUT2D eigenvalue weighted by atomic mass is 9.69. The van der Waals surface area contributed by atoms with Gasteiger partial charge in [0, 0.05) is 29.3 Å². The van der Waals surface area contributed by atoms with E-state index in [-0.39, 0.29) is 23.4 Å². The Morgan fingerprint density at radius 1 is 1.04 bits per heavy atom. The van der Waals surface area contributed by atoms with Crippen molar-refractivity contribution in [3.05, 3.63) is 82.8 Å². The van der Waals surface area contributed by atoms with Crippen molar-refractivity contribution in [2.45, 2.75) is 31.6 Å².